The molecule has 1 aliphatic carbocycles. The van der Waals surface area contributed by atoms with E-state index in [4.69, 9.17) is 5.73 Å². The molecule has 0 saturated heterocycles. The molecule has 2 N–H and O–H groups in total. The lowest BCUT2D eigenvalue weighted by molar-refractivity contribution is -0.120. The summed E-state index contributed by atoms with van der Waals surface area (Å²) < 4.78 is 1.88. The lowest BCUT2D eigenvalue weighted by atomic mass is 10.3. The van der Waals surface area contributed by atoms with Crippen LogP contribution in [0, 0.1) is 0 Å². The van der Waals surface area contributed by atoms with Gasteiger partial charge in [-0.15, -0.1) is 0 Å². The van der Waals surface area contributed by atoms with E-state index in [0.29, 0.717) is 5.92 Å². The van der Waals surface area contributed by atoms with Crippen LogP contribution in [0.4, 0.5) is 0 Å². The zero-order valence-electron chi connectivity index (χ0n) is 7.60. The van der Waals surface area contributed by atoms with Crippen LogP contribution in [0.2, 0.25) is 0 Å². The second-order valence-corrected chi connectivity index (χ2v) is 3.55. The Morgan fingerprint density at radius 1 is 1.77 bits per heavy atom. The standard InChI is InChI=1S/C9H13N3O/c1-6(8(10)13)12-5-4-11-9(12)7-2-3-7/h4-7H,2-3H2,1H3,(H2,10,13). The van der Waals surface area contributed by atoms with Gasteiger partial charge in [0.2, 0.25) is 5.91 Å². The van der Waals surface area contributed by atoms with E-state index in [0.717, 1.165) is 5.82 Å². The molecule has 1 aromatic rings. The van der Waals surface area contributed by atoms with Crippen molar-refractivity contribution in [3.05, 3.63) is 18.2 Å². The highest BCUT2D eigenvalue weighted by Crippen LogP contribution is 2.39. The highest BCUT2D eigenvalue weighted by Gasteiger charge is 2.29. The highest BCUT2D eigenvalue weighted by molar-refractivity contribution is 5.78. The van der Waals surface area contributed by atoms with Crippen molar-refractivity contribution in [1.29, 1.82) is 0 Å². The molecule has 1 amide bonds. The van der Waals surface area contributed by atoms with Crippen molar-refractivity contribution < 1.29 is 4.79 Å². The third-order valence-corrected chi connectivity index (χ3v) is 2.47. The van der Waals surface area contributed by atoms with Gasteiger partial charge in [-0.1, -0.05) is 0 Å². The first-order valence-corrected chi connectivity index (χ1v) is 4.52. The predicted octanol–water partition coefficient (Wildman–Crippen LogP) is 0.807. The predicted molar refractivity (Wildman–Crippen MR) is 48.1 cm³/mol. The van der Waals surface area contributed by atoms with Crippen molar-refractivity contribution in [3.63, 3.8) is 0 Å². The molecule has 4 nitrogen and oxygen atoms in total. The molecule has 70 valence electrons. The first kappa shape index (κ1) is 8.29. The Morgan fingerprint density at radius 3 is 3.00 bits per heavy atom. The van der Waals surface area contributed by atoms with Crippen LogP contribution in [0.5, 0.6) is 0 Å². The number of imidazole rings is 1. The second kappa shape index (κ2) is 2.87. The maximum absolute atomic E-state index is 11.0. The lowest BCUT2D eigenvalue weighted by Crippen LogP contribution is -2.24. The van der Waals surface area contributed by atoms with Gasteiger partial charge in [0.15, 0.2) is 0 Å². The number of nitrogens with two attached hydrogens (primary N) is 1. The Labute approximate surface area is 76.8 Å². The monoisotopic (exact) mass is 179 g/mol. The summed E-state index contributed by atoms with van der Waals surface area (Å²) in [7, 11) is 0. The minimum atomic E-state index is -0.306. The third kappa shape index (κ3) is 1.43. The Balaban J connectivity index is 2.27. The second-order valence-electron chi connectivity index (χ2n) is 3.55. The molecule has 1 heterocycles. The van der Waals surface area contributed by atoms with Gasteiger partial charge < -0.3 is 10.3 Å². The van der Waals surface area contributed by atoms with Crippen molar-refractivity contribution in [2.24, 2.45) is 5.73 Å². The molecule has 0 spiro atoms. The van der Waals surface area contributed by atoms with Gasteiger partial charge in [-0.3, -0.25) is 4.79 Å². The molecule has 2 rings (SSSR count). The summed E-state index contributed by atoms with van der Waals surface area (Å²) in [6.07, 6.45) is 5.92. The molecule has 1 aromatic heterocycles. The van der Waals surface area contributed by atoms with Crippen LogP contribution in [0.15, 0.2) is 12.4 Å². The number of rotatable bonds is 3. The molecule has 1 saturated carbocycles. The van der Waals surface area contributed by atoms with Crippen molar-refractivity contribution in [1.82, 2.24) is 9.55 Å². The number of carbonyl (C=O) groups excluding carboxylic acids is 1. The molecule has 0 bridgehead atoms. The third-order valence-electron chi connectivity index (χ3n) is 2.47. The maximum Gasteiger partial charge on any atom is 0.240 e. The van der Waals surface area contributed by atoms with Gasteiger partial charge in [0.1, 0.15) is 11.9 Å². The number of carbonyl (C=O) groups is 1. The van der Waals surface area contributed by atoms with Crippen molar-refractivity contribution in [2.75, 3.05) is 0 Å². The number of primary amides is 1. The van der Waals surface area contributed by atoms with E-state index in [2.05, 4.69) is 4.98 Å². The molecule has 1 unspecified atom stereocenters. The van der Waals surface area contributed by atoms with Crippen LogP contribution in [0.25, 0.3) is 0 Å². The smallest absolute Gasteiger partial charge is 0.240 e. The van der Waals surface area contributed by atoms with E-state index in [-0.39, 0.29) is 11.9 Å². The van der Waals surface area contributed by atoms with E-state index in [1.54, 1.807) is 13.1 Å². The SMILES string of the molecule is CC(C(N)=O)n1ccnc1C1CC1. The van der Waals surface area contributed by atoms with Gasteiger partial charge in [0.25, 0.3) is 0 Å². The number of amides is 1. The molecule has 13 heavy (non-hydrogen) atoms. The highest BCUT2D eigenvalue weighted by atomic mass is 16.1. The zero-order chi connectivity index (χ0) is 9.42. The summed E-state index contributed by atoms with van der Waals surface area (Å²) >= 11 is 0. The summed E-state index contributed by atoms with van der Waals surface area (Å²) in [6.45, 7) is 1.80. The Bertz CT molecular complexity index is 327. The summed E-state index contributed by atoms with van der Waals surface area (Å²) in [6, 6.07) is -0.280. The fraction of sp³-hybridized carbons (Fsp3) is 0.556. The van der Waals surface area contributed by atoms with Crippen LogP contribution in [0.3, 0.4) is 0 Å². The van der Waals surface area contributed by atoms with E-state index < -0.39 is 0 Å². The fourth-order valence-corrected chi connectivity index (χ4v) is 1.45. The molecule has 1 aliphatic rings. The normalized spacial score (nSPS) is 18.5. The molecule has 1 atom stereocenters. The Hall–Kier alpha value is -1.32. The molecule has 4 heteroatoms. The lowest BCUT2D eigenvalue weighted by Gasteiger charge is -2.11. The van der Waals surface area contributed by atoms with Crippen LogP contribution in [-0.4, -0.2) is 15.5 Å². The summed E-state index contributed by atoms with van der Waals surface area (Å²) in [5.41, 5.74) is 5.23. The van der Waals surface area contributed by atoms with Gasteiger partial charge >= 0.3 is 0 Å². The fourth-order valence-electron chi connectivity index (χ4n) is 1.45. The van der Waals surface area contributed by atoms with E-state index in [1.807, 2.05) is 10.8 Å². The largest absolute Gasteiger partial charge is 0.368 e. The molecule has 0 aliphatic heterocycles. The average molecular weight is 179 g/mol. The summed E-state index contributed by atoms with van der Waals surface area (Å²) in [4.78, 5) is 15.2. The van der Waals surface area contributed by atoms with Gasteiger partial charge in [-0.05, 0) is 19.8 Å². The first-order valence-electron chi connectivity index (χ1n) is 4.52. The molecule has 0 aromatic carbocycles. The Kier molecular flexibility index (Phi) is 1.83. The zero-order valence-corrected chi connectivity index (χ0v) is 7.60. The average Bonchev–Trinajstić information content (AvgIpc) is 2.83. The van der Waals surface area contributed by atoms with Crippen LogP contribution < -0.4 is 5.73 Å². The molecular weight excluding hydrogens is 166 g/mol. The number of hydrogen-bond acceptors (Lipinski definition) is 2. The van der Waals surface area contributed by atoms with Crippen molar-refractivity contribution in [3.8, 4) is 0 Å². The van der Waals surface area contributed by atoms with Crippen LogP contribution in [-0.2, 0) is 4.79 Å². The molecule has 1 fully saturated rings. The van der Waals surface area contributed by atoms with E-state index >= 15 is 0 Å². The van der Waals surface area contributed by atoms with E-state index in [9.17, 15) is 4.79 Å². The number of aromatic nitrogens is 2. The minimum Gasteiger partial charge on any atom is -0.368 e. The quantitative estimate of drug-likeness (QED) is 0.746. The van der Waals surface area contributed by atoms with Gasteiger partial charge in [-0.2, -0.15) is 0 Å². The topological polar surface area (TPSA) is 60.9 Å². The van der Waals surface area contributed by atoms with Gasteiger partial charge in [0.05, 0.1) is 0 Å². The van der Waals surface area contributed by atoms with Gasteiger partial charge in [0, 0.05) is 18.3 Å². The first-order chi connectivity index (χ1) is 6.20. The van der Waals surface area contributed by atoms with E-state index in [1.165, 1.54) is 12.8 Å². The number of hydrogen-bond donors (Lipinski definition) is 1. The van der Waals surface area contributed by atoms with Crippen LogP contribution in [0.1, 0.15) is 37.5 Å². The summed E-state index contributed by atoms with van der Waals surface area (Å²) in [5, 5.41) is 0. The maximum atomic E-state index is 11.0. The van der Waals surface area contributed by atoms with Crippen molar-refractivity contribution in [2.45, 2.75) is 31.7 Å². The number of nitrogens with zero attached hydrogens (tertiary/aromatic N) is 2. The molecule has 0 radical (unpaired) electrons. The Morgan fingerprint density at radius 2 is 2.46 bits per heavy atom. The minimum absolute atomic E-state index is 0.280. The summed E-state index contributed by atoms with van der Waals surface area (Å²) in [5.74, 6) is 1.25. The van der Waals surface area contributed by atoms with Crippen LogP contribution >= 0.6 is 0 Å². The van der Waals surface area contributed by atoms with Crippen molar-refractivity contribution >= 4 is 5.91 Å². The molecular formula is C9H13N3O. The van der Waals surface area contributed by atoms with Gasteiger partial charge in [-0.25, -0.2) is 4.98 Å².